The molecule has 0 saturated heterocycles. The van der Waals surface area contributed by atoms with E-state index in [0.717, 1.165) is 17.7 Å². The first kappa shape index (κ1) is 25.8. The summed E-state index contributed by atoms with van der Waals surface area (Å²) >= 11 is 0. The van der Waals surface area contributed by atoms with Crippen LogP contribution in [0.15, 0.2) is 61.0 Å². The summed E-state index contributed by atoms with van der Waals surface area (Å²) in [5, 5.41) is 3.11. The van der Waals surface area contributed by atoms with Crippen molar-refractivity contribution in [1.82, 2.24) is 10.2 Å². The van der Waals surface area contributed by atoms with Crippen molar-refractivity contribution >= 4 is 31.6 Å². The molecule has 1 unspecified atom stereocenters. The third-order valence-electron chi connectivity index (χ3n) is 4.48. The van der Waals surface area contributed by atoms with Gasteiger partial charge in [0.1, 0.15) is 5.82 Å². The highest BCUT2D eigenvalue weighted by Crippen LogP contribution is 2.23. The molecule has 0 heterocycles. The third kappa shape index (κ3) is 9.00. The van der Waals surface area contributed by atoms with Crippen molar-refractivity contribution in [2.24, 2.45) is 25.0 Å². The van der Waals surface area contributed by atoms with Gasteiger partial charge in [0.05, 0.1) is 13.7 Å². The first-order valence-corrected chi connectivity index (χ1v) is 9.87. The van der Waals surface area contributed by atoms with Crippen LogP contribution in [0.4, 0.5) is 4.39 Å². The number of hydrogen-bond acceptors (Lipinski definition) is 5. The van der Waals surface area contributed by atoms with Crippen molar-refractivity contribution in [3.05, 3.63) is 47.4 Å². The van der Waals surface area contributed by atoms with Gasteiger partial charge < -0.3 is 15.0 Å². The van der Waals surface area contributed by atoms with E-state index in [-0.39, 0.29) is 17.8 Å². The van der Waals surface area contributed by atoms with Crippen molar-refractivity contribution in [1.29, 1.82) is 0 Å². The Labute approximate surface area is 184 Å². The molecule has 0 aliphatic rings. The molecule has 168 valence electrons. The zero-order chi connectivity index (χ0) is 23.1. The van der Waals surface area contributed by atoms with Gasteiger partial charge in [0.2, 0.25) is 5.96 Å². The van der Waals surface area contributed by atoms with Crippen LogP contribution in [-0.2, 0) is 4.74 Å². The smallest absolute Gasteiger partial charge is 0.314 e. The summed E-state index contributed by atoms with van der Waals surface area (Å²) in [6.45, 7) is 11.6. The van der Waals surface area contributed by atoms with E-state index in [9.17, 15) is 4.39 Å². The minimum Gasteiger partial charge on any atom is -0.467 e. The van der Waals surface area contributed by atoms with Crippen LogP contribution in [0.1, 0.15) is 18.4 Å². The van der Waals surface area contributed by atoms with Crippen molar-refractivity contribution in [2.45, 2.75) is 12.8 Å². The quantitative estimate of drug-likeness (QED) is 0.458. The van der Waals surface area contributed by atoms with Crippen LogP contribution in [-0.4, -0.2) is 83.9 Å². The van der Waals surface area contributed by atoms with Gasteiger partial charge in [0.15, 0.2) is 0 Å². The number of halogens is 1. The van der Waals surface area contributed by atoms with E-state index >= 15 is 0 Å². The molecule has 0 spiro atoms. The summed E-state index contributed by atoms with van der Waals surface area (Å²) in [5.74, 6) is 0.139. The molecule has 1 atom stereocenters. The molecule has 0 aliphatic heterocycles. The molecule has 0 saturated carbocycles. The van der Waals surface area contributed by atoms with Crippen molar-refractivity contribution in [2.75, 3.05) is 47.4 Å². The summed E-state index contributed by atoms with van der Waals surface area (Å²) in [5.41, 5.74) is 1.84. The summed E-state index contributed by atoms with van der Waals surface area (Å²) in [4.78, 5) is 22.6. The highest BCUT2D eigenvalue weighted by molar-refractivity contribution is 5.94. The first-order chi connectivity index (χ1) is 15.0. The number of allylic oxidation sites excluding steroid dienone is 1. The lowest BCUT2D eigenvalue weighted by Gasteiger charge is -2.22. The Hall–Kier alpha value is -3.20. The number of guanidine groups is 1. The molecule has 8 nitrogen and oxygen atoms in total. The van der Waals surface area contributed by atoms with Crippen molar-refractivity contribution < 1.29 is 9.13 Å². The van der Waals surface area contributed by atoms with E-state index < -0.39 is 0 Å². The predicted molar refractivity (Wildman–Crippen MR) is 129 cm³/mol. The molecule has 0 amide bonds. The van der Waals surface area contributed by atoms with E-state index in [2.05, 4.69) is 43.7 Å². The average molecular weight is 430 g/mol. The number of hydrogen-bond donors (Lipinski definition) is 1. The van der Waals surface area contributed by atoms with Gasteiger partial charge in [-0.1, -0.05) is 19.1 Å². The van der Waals surface area contributed by atoms with E-state index in [0.29, 0.717) is 25.6 Å². The van der Waals surface area contributed by atoms with Gasteiger partial charge in [-0.3, -0.25) is 9.98 Å². The predicted octanol–water partition coefficient (Wildman–Crippen LogP) is 2.79. The Balaban J connectivity index is 2.91. The lowest BCUT2D eigenvalue weighted by molar-refractivity contribution is 0.390. The first-order valence-electron chi connectivity index (χ1n) is 9.87. The Morgan fingerprint density at radius 2 is 1.97 bits per heavy atom. The Bertz CT molecular complexity index is 816. The molecule has 0 aromatic heterocycles. The van der Waals surface area contributed by atoms with E-state index in [1.807, 2.05) is 18.9 Å². The second-order valence-electron chi connectivity index (χ2n) is 6.49. The molecule has 1 aromatic carbocycles. The number of aliphatic imine (C=N–C) groups is 5. The fourth-order valence-electron chi connectivity index (χ4n) is 2.69. The van der Waals surface area contributed by atoms with Gasteiger partial charge in [-0.2, -0.15) is 4.99 Å². The summed E-state index contributed by atoms with van der Waals surface area (Å²) in [6, 6.07) is 6.62. The number of benzene rings is 1. The van der Waals surface area contributed by atoms with Crippen LogP contribution in [0.25, 0.3) is 0 Å². The number of amidine groups is 1. The van der Waals surface area contributed by atoms with Gasteiger partial charge in [-0.15, -0.1) is 0 Å². The molecular formula is C22H32FN7O. The number of ether oxygens (including phenoxy) is 1. The molecule has 1 aromatic rings. The number of rotatable bonds is 10. The normalized spacial score (nSPS) is 13.9. The largest absolute Gasteiger partial charge is 0.467 e. The minimum absolute atomic E-state index is 0.00719. The molecule has 0 radical (unpaired) electrons. The molecule has 0 aliphatic carbocycles. The molecule has 0 bridgehead atoms. The lowest BCUT2D eigenvalue weighted by Crippen LogP contribution is -2.37. The van der Waals surface area contributed by atoms with Crippen LogP contribution >= 0.6 is 0 Å². The molecule has 1 rings (SSSR count). The van der Waals surface area contributed by atoms with Crippen LogP contribution in [0.5, 0.6) is 0 Å². The standard InChI is InChI=1S/C22H32FN7O/c1-17(18-7-9-20(23)10-8-18)19(15-25-3)16-28-12-14-30(13-11-24-2)21(26-4)29-22(27-5)31-6/h7-10,15-17,24H,3-4,11-14H2,1-2,5-6H3/b19-15+,27-22?,28-16?,29-21+. The highest BCUT2D eigenvalue weighted by Gasteiger charge is 2.12. The molecule has 31 heavy (non-hydrogen) atoms. The number of likely N-dealkylation sites (N-methyl/N-ethyl adjacent to an activating group) is 1. The topological polar surface area (TPSA) is 86.3 Å². The zero-order valence-electron chi connectivity index (χ0n) is 18.8. The fraction of sp³-hybridized carbons (Fsp3) is 0.409. The maximum Gasteiger partial charge on any atom is 0.314 e. The Kier molecular flexibility index (Phi) is 12.3. The van der Waals surface area contributed by atoms with E-state index in [1.165, 1.54) is 19.2 Å². The minimum atomic E-state index is -0.267. The van der Waals surface area contributed by atoms with Gasteiger partial charge >= 0.3 is 6.02 Å². The van der Waals surface area contributed by atoms with Crippen LogP contribution in [0, 0.1) is 5.82 Å². The Morgan fingerprint density at radius 3 is 2.52 bits per heavy atom. The van der Waals surface area contributed by atoms with Crippen LogP contribution in [0.3, 0.4) is 0 Å². The maximum absolute atomic E-state index is 13.2. The van der Waals surface area contributed by atoms with E-state index in [4.69, 9.17) is 4.74 Å². The van der Waals surface area contributed by atoms with Crippen LogP contribution < -0.4 is 5.32 Å². The van der Waals surface area contributed by atoms with E-state index in [1.54, 1.807) is 31.6 Å². The average Bonchev–Trinajstić information content (AvgIpc) is 2.79. The maximum atomic E-state index is 13.2. The van der Waals surface area contributed by atoms with Crippen molar-refractivity contribution in [3.8, 4) is 0 Å². The summed E-state index contributed by atoms with van der Waals surface area (Å²) in [6.07, 6.45) is 3.43. The second kappa shape index (κ2) is 14.7. The number of methoxy groups -OCH3 is 1. The fourth-order valence-corrected chi connectivity index (χ4v) is 2.69. The van der Waals surface area contributed by atoms with Crippen LogP contribution in [0.2, 0.25) is 0 Å². The van der Waals surface area contributed by atoms with Gasteiger partial charge in [-0.05, 0) is 43.8 Å². The van der Waals surface area contributed by atoms with Crippen molar-refractivity contribution in [3.63, 3.8) is 0 Å². The SMILES string of the molecule is C=N/C=C(\C=NCCN(CCNC)/C(N=C)=N/C(=NC)OC)C(C)c1ccc(F)cc1. The number of nitrogens with zero attached hydrogens (tertiary/aromatic N) is 6. The Morgan fingerprint density at radius 1 is 1.26 bits per heavy atom. The van der Waals surface area contributed by atoms with Gasteiger partial charge in [0, 0.05) is 45.0 Å². The lowest BCUT2D eigenvalue weighted by atomic mass is 9.94. The molecule has 1 N–H and O–H groups in total. The molecule has 0 fully saturated rings. The monoisotopic (exact) mass is 429 g/mol. The zero-order valence-corrected chi connectivity index (χ0v) is 18.8. The molecule has 9 heteroatoms. The van der Waals surface area contributed by atoms with Gasteiger partial charge in [-0.25, -0.2) is 14.4 Å². The third-order valence-corrected chi connectivity index (χ3v) is 4.48. The second-order valence-corrected chi connectivity index (χ2v) is 6.49. The van der Waals surface area contributed by atoms with Gasteiger partial charge in [0.25, 0.3) is 0 Å². The summed E-state index contributed by atoms with van der Waals surface area (Å²) in [7, 11) is 4.96. The summed E-state index contributed by atoms with van der Waals surface area (Å²) < 4.78 is 18.3. The number of nitrogens with one attached hydrogen (secondary N) is 1. The highest BCUT2D eigenvalue weighted by atomic mass is 19.1. The molecular weight excluding hydrogens is 397 g/mol.